The van der Waals surface area contributed by atoms with Gasteiger partial charge in [0.1, 0.15) is 0 Å². The molecule has 0 bridgehead atoms. The van der Waals surface area contributed by atoms with Crippen LogP contribution in [0.1, 0.15) is 18.9 Å². The fourth-order valence-corrected chi connectivity index (χ4v) is 2.85. The Morgan fingerprint density at radius 1 is 1.11 bits per heavy atom. The second-order valence-corrected chi connectivity index (χ2v) is 6.59. The topological polar surface area (TPSA) is 84.3 Å². The number of amides is 2. The normalized spacial score (nSPS) is 10.6. The van der Waals surface area contributed by atoms with Crippen LogP contribution >= 0.6 is 0 Å². The summed E-state index contributed by atoms with van der Waals surface area (Å²) < 4.78 is 1.44. The molecule has 3 aromatic rings. The van der Waals surface area contributed by atoms with E-state index in [4.69, 9.17) is 0 Å². The van der Waals surface area contributed by atoms with Crippen molar-refractivity contribution in [3.8, 4) is 0 Å². The fraction of sp³-hybridized carbons (Fsp3) is 0.238. The van der Waals surface area contributed by atoms with Gasteiger partial charge < -0.3 is 10.2 Å². The number of nitrogens with zero attached hydrogens (tertiary/aromatic N) is 3. The third kappa shape index (κ3) is 4.43. The molecule has 0 aliphatic rings. The molecule has 7 nitrogen and oxygen atoms in total. The molecule has 144 valence electrons. The maximum atomic E-state index is 12.5. The van der Waals surface area contributed by atoms with Gasteiger partial charge in [-0.15, -0.1) is 0 Å². The van der Waals surface area contributed by atoms with E-state index in [1.165, 1.54) is 17.8 Å². The van der Waals surface area contributed by atoms with Crippen molar-refractivity contribution in [1.82, 2.24) is 14.5 Å². The molecule has 3 rings (SSSR count). The highest BCUT2D eigenvalue weighted by atomic mass is 16.2. The van der Waals surface area contributed by atoms with Gasteiger partial charge in [-0.3, -0.25) is 19.0 Å². The molecule has 28 heavy (non-hydrogen) atoms. The lowest BCUT2D eigenvalue weighted by molar-refractivity contribution is -0.128. The first-order valence-corrected chi connectivity index (χ1v) is 8.99. The summed E-state index contributed by atoms with van der Waals surface area (Å²) in [6, 6.07) is 14.5. The van der Waals surface area contributed by atoms with E-state index in [0.29, 0.717) is 23.1 Å². The standard InChI is InChI=1S/C21H22N4O3/c1-15(26)24(2)13-16-7-3-5-9-18(16)23-20(27)11-12-25-14-22-19-10-6-4-8-17(19)21(25)28/h3-10,14H,11-13H2,1-2H3,(H,23,27). The SMILES string of the molecule is CC(=O)N(C)Cc1ccccc1NC(=O)CCn1cnc2ccccc2c1=O. The van der Waals surface area contributed by atoms with E-state index in [0.717, 1.165) is 5.56 Å². The zero-order valence-electron chi connectivity index (χ0n) is 15.9. The van der Waals surface area contributed by atoms with Gasteiger partial charge in [0.2, 0.25) is 11.8 Å². The van der Waals surface area contributed by atoms with Crippen molar-refractivity contribution in [2.24, 2.45) is 0 Å². The van der Waals surface area contributed by atoms with Crippen LogP contribution in [0.25, 0.3) is 10.9 Å². The van der Waals surface area contributed by atoms with Crippen LogP contribution in [0.5, 0.6) is 0 Å². The minimum atomic E-state index is -0.210. The second-order valence-electron chi connectivity index (χ2n) is 6.59. The molecule has 1 aromatic heterocycles. The zero-order chi connectivity index (χ0) is 20.1. The highest BCUT2D eigenvalue weighted by Gasteiger charge is 2.11. The number of anilines is 1. The molecule has 0 aliphatic heterocycles. The Morgan fingerprint density at radius 3 is 2.61 bits per heavy atom. The lowest BCUT2D eigenvalue weighted by Gasteiger charge is -2.18. The summed E-state index contributed by atoms with van der Waals surface area (Å²) in [5.41, 5.74) is 1.97. The number of hydrogen-bond acceptors (Lipinski definition) is 4. The number of nitrogens with one attached hydrogen (secondary N) is 1. The smallest absolute Gasteiger partial charge is 0.261 e. The van der Waals surface area contributed by atoms with Crippen LogP contribution in [0.2, 0.25) is 0 Å². The number of carbonyl (C=O) groups excluding carboxylic acids is 2. The quantitative estimate of drug-likeness (QED) is 0.714. The van der Waals surface area contributed by atoms with Crippen LogP contribution in [-0.2, 0) is 22.7 Å². The molecule has 0 atom stereocenters. The summed E-state index contributed by atoms with van der Waals surface area (Å²) >= 11 is 0. The summed E-state index contributed by atoms with van der Waals surface area (Å²) in [4.78, 5) is 42.2. The van der Waals surface area contributed by atoms with Crippen LogP contribution in [0.4, 0.5) is 5.69 Å². The lowest BCUT2D eigenvalue weighted by atomic mass is 10.1. The summed E-state index contributed by atoms with van der Waals surface area (Å²) in [5, 5.41) is 3.40. The van der Waals surface area contributed by atoms with Gasteiger partial charge in [0.05, 0.1) is 17.2 Å². The minimum absolute atomic E-state index is 0.0516. The molecule has 0 aliphatic carbocycles. The molecule has 7 heteroatoms. The van der Waals surface area contributed by atoms with Crippen molar-refractivity contribution in [2.75, 3.05) is 12.4 Å². The molecule has 2 aromatic carbocycles. The first kappa shape index (κ1) is 19.3. The fourth-order valence-electron chi connectivity index (χ4n) is 2.85. The molecule has 0 saturated heterocycles. The number of aryl methyl sites for hydroxylation is 1. The van der Waals surface area contributed by atoms with Crippen LogP contribution in [-0.4, -0.2) is 33.3 Å². The van der Waals surface area contributed by atoms with E-state index < -0.39 is 0 Å². The Hall–Kier alpha value is -3.48. The molecule has 0 unspecified atom stereocenters. The van der Waals surface area contributed by atoms with Crippen molar-refractivity contribution in [3.05, 3.63) is 70.8 Å². The highest BCUT2D eigenvalue weighted by molar-refractivity contribution is 5.91. The van der Waals surface area contributed by atoms with Gasteiger partial charge in [-0.25, -0.2) is 4.98 Å². The van der Waals surface area contributed by atoms with E-state index in [-0.39, 0.29) is 30.3 Å². The molecule has 0 saturated carbocycles. The van der Waals surface area contributed by atoms with Crippen molar-refractivity contribution >= 4 is 28.4 Å². The van der Waals surface area contributed by atoms with Crippen LogP contribution in [0.15, 0.2) is 59.7 Å². The molecular weight excluding hydrogens is 356 g/mol. The van der Waals surface area contributed by atoms with Gasteiger partial charge in [0, 0.05) is 39.2 Å². The Balaban J connectivity index is 1.68. The molecular formula is C21H22N4O3. The summed E-state index contributed by atoms with van der Waals surface area (Å²) in [7, 11) is 1.71. The molecule has 2 amide bonds. The maximum absolute atomic E-state index is 12.5. The minimum Gasteiger partial charge on any atom is -0.342 e. The van der Waals surface area contributed by atoms with Gasteiger partial charge in [-0.1, -0.05) is 30.3 Å². The predicted octanol–water partition coefficient (Wildman–Crippen LogP) is 2.40. The monoisotopic (exact) mass is 378 g/mol. The van der Waals surface area contributed by atoms with Gasteiger partial charge >= 0.3 is 0 Å². The van der Waals surface area contributed by atoms with Crippen molar-refractivity contribution in [1.29, 1.82) is 0 Å². The number of para-hydroxylation sites is 2. The van der Waals surface area contributed by atoms with Crippen molar-refractivity contribution < 1.29 is 9.59 Å². The van der Waals surface area contributed by atoms with Gasteiger partial charge in [0.15, 0.2) is 0 Å². The average Bonchev–Trinajstić information content (AvgIpc) is 2.69. The first-order valence-electron chi connectivity index (χ1n) is 8.99. The van der Waals surface area contributed by atoms with E-state index in [9.17, 15) is 14.4 Å². The zero-order valence-corrected chi connectivity index (χ0v) is 15.9. The maximum Gasteiger partial charge on any atom is 0.261 e. The Morgan fingerprint density at radius 2 is 1.82 bits per heavy atom. The number of hydrogen-bond donors (Lipinski definition) is 1. The predicted molar refractivity (Wildman–Crippen MR) is 108 cm³/mol. The Labute approximate surface area is 162 Å². The highest BCUT2D eigenvalue weighted by Crippen LogP contribution is 2.17. The third-order valence-corrected chi connectivity index (χ3v) is 4.55. The van der Waals surface area contributed by atoms with E-state index in [1.54, 1.807) is 36.2 Å². The van der Waals surface area contributed by atoms with Crippen LogP contribution in [0.3, 0.4) is 0 Å². The number of fused-ring (bicyclic) bond motifs is 1. The number of aromatic nitrogens is 2. The Bertz CT molecular complexity index is 1070. The largest absolute Gasteiger partial charge is 0.342 e. The number of carbonyl (C=O) groups is 2. The van der Waals surface area contributed by atoms with E-state index in [2.05, 4.69) is 10.3 Å². The molecule has 1 N–H and O–H groups in total. The third-order valence-electron chi connectivity index (χ3n) is 4.55. The number of benzene rings is 2. The second kappa shape index (κ2) is 8.47. The van der Waals surface area contributed by atoms with E-state index >= 15 is 0 Å². The van der Waals surface area contributed by atoms with Crippen molar-refractivity contribution in [2.45, 2.75) is 26.4 Å². The first-order chi connectivity index (χ1) is 13.5. The van der Waals surface area contributed by atoms with E-state index in [1.807, 2.05) is 24.3 Å². The van der Waals surface area contributed by atoms with Gasteiger partial charge in [-0.2, -0.15) is 0 Å². The summed E-state index contributed by atoms with van der Waals surface area (Å²) in [6.07, 6.45) is 1.60. The van der Waals surface area contributed by atoms with Gasteiger partial charge in [0.25, 0.3) is 5.56 Å². The lowest BCUT2D eigenvalue weighted by Crippen LogP contribution is -2.25. The summed E-state index contributed by atoms with van der Waals surface area (Å²) in [6.45, 7) is 2.13. The Kier molecular flexibility index (Phi) is 5.84. The van der Waals surface area contributed by atoms with Crippen LogP contribution < -0.4 is 10.9 Å². The molecule has 0 radical (unpaired) electrons. The average molecular weight is 378 g/mol. The van der Waals surface area contributed by atoms with Gasteiger partial charge in [-0.05, 0) is 23.8 Å². The molecule has 0 fully saturated rings. The molecule has 1 heterocycles. The molecule has 0 spiro atoms. The van der Waals surface area contributed by atoms with Crippen LogP contribution in [0, 0.1) is 0 Å². The summed E-state index contributed by atoms with van der Waals surface area (Å²) in [5.74, 6) is -0.262. The number of rotatable bonds is 6. The van der Waals surface area contributed by atoms with Crippen molar-refractivity contribution in [3.63, 3.8) is 0 Å².